The van der Waals surface area contributed by atoms with E-state index < -0.39 is 23.7 Å². The van der Waals surface area contributed by atoms with E-state index in [1.807, 2.05) is 0 Å². The van der Waals surface area contributed by atoms with Crippen LogP contribution in [0.15, 0.2) is 6.07 Å². The molecule has 0 spiro atoms. The van der Waals surface area contributed by atoms with Crippen molar-refractivity contribution >= 4 is 28.6 Å². The third kappa shape index (κ3) is 2.57. The predicted molar refractivity (Wildman–Crippen MR) is 59.8 cm³/mol. The maximum atomic E-state index is 12.6. The summed E-state index contributed by atoms with van der Waals surface area (Å²) in [4.78, 5) is 14.9. The molecule has 0 aliphatic carbocycles. The second-order valence-electron chi connectivity index (χ2n) is 2.71. The molecule has 0 N–H and O–H groups in total. The van der Waals surface area contributed by atoms with Crippen molar-refractivity contribution in [3.63, 3.8) is 0 Å². The second kappa shape index (κ2) is 5.37. The molecule has 0 saturated carbocycles. The Balaban J connectivity index is 3.36. The predicted octanol–water partition coefficient (Wildman–Crippen LogP) is 2.42. The van der Waals surface area contributed by atoms with Gasteiger partial charge in [0, 0.05) is 0 Å². The summed E-state index contributed by atoms with van der Waals surface area (Å²) >= 11 is 1.80. The molecular weight excluding hydrogens is 335 g/mol. The summed E-state index contributed by atoms with van der Waals surface area (Å²) in [7, 11) is 2.44. The zero-order valence-electron chi connectivity index (χ0n) is 8.46. The highest BCUT2D eigenvalue weighted by atomic mass is 127. The van der Waals surface area contributed by atoms with Crippen LogP contribution in [0.5, 0.6) is 5.88 Å². The van der Waals surface area contributed by atoms with Gasteiger partial charge in [0.15, 0.2) is 5.69 Å². The molecule has 0 bridgehead atoms. The Morgan fingerprint density at radius 2 is 2.12 bits per heavy atom. The number of alkyl halides is 2. The van der Waals surface area contributed by atoms with E-state index in [1.54, 1.807) is 22.6 Å². The molecule has 4 nitrogen and oxygen atoms in total. The largest absolute Gasteiger partial charge is 0.480 e. The van der Waals surface area contributed by atoms with Gasteiger partial charge in [-0.2, -0.15) is 0 Å². The van der Waals surface area contributed by atoms with Gasteiger partial charge in [-0.15, -0.1) is 0 Å². The number of nitrogens with zero attached hydrogens (tertiary/aromatic N) is 1. The number of carbonyl (C=O) groups excluding carboxylic acids is 1. The van der Waals surface area contributed by atoms with Gasteiger partial charge >= 0.3 is 5.97 Å². The van der Waals surface area contributed by atoms with Gasteiger partial charge < -0.3 is 9.47 Å². The van der Waals surface area contributed by atoms with Crippen molar-refractivity contribution in [2.24, 2.45) is 0 Å². The molecule has 0 unspecified atom stereocenters. The molecule has 0 fully saturated rings. The van der Waals surface area contributed by atoms with Crippen LogP contribution in [0.4, 0.5) is 8.78 Å². The van der Waals surface area contributed by atoms with Gasteiger partial charge in [0.2, 0.25) is 5.88 Å². The molecular formula is C9H8F2INO3. The highest BCUT2D eigenvalue weighted by Gasteiger charge is 2.23. The standard InChI is InChI=1S/C9H8F2INO3/c1-15-8-5(12)3-4(7(10)11)6(13-8)9(14)16-2/h3,7H,1-2H3. The van der Waals surface area contributed by atoms with E-state index in [0.717, 1.165) is 13.2 Å². The van der Waals surface area contributed by atoms with Crippen molar-refractivity contribution in [2.45, 2.75) is 6.43 Å². The van der Waals surface area contributed by atoms with Crippen molar-refractivity contribution in [3.8, 4) is 5.88 Å². The van der Waals surface area contributed by atoms with E-state index in [2.05, 4.69) is 9.72 Å². The van der Waals surface area contributed by atoms with Crippen LogP contribution in [0.1, 0.15) is 22.5 Å². The number of rotatable bonds is 3. The third-order valence-corrected chi connectivity index (χ3v) is 2.55. The Morgan fingerprint density at radius 1 is 1.50 bits per heavy atom. The fraction of sp³-hybridized carbons (Fsp3) is 0.333. The first kappa shape index (κ1) is 13.1. The van der Waals surface area contributed by atoms with Gasteiger partial charge in [-0.3, -0.25) is 0 Å². The summed E-state index contributed by atoms with van der Waals surface area (Å²) in [5.74, 6) is -0.796. The van der Waals surface area contributed by atoms with Crippen molar-refractivity contribution < 1.29 is 23.0 Å². The Bertz CT molecular complexity index is 412. The minimum atomic E-state index is -2.79. The quantitative estimate of drug-likeness (QED) is 0.625. The summed E-state index contributed by atoms with van der Waals surface area (Å²) in [6, 6.07) is 1.16. The van der Waals surface area contributed by atoms with Crippen LogP contribution in [-0.4, -0.2) is 25.2 Å². The van der Waals surface area contributed by atoms with Crippen LogP contribution in [0.2, 0.25) is 0 Å². The molecule has 1 aromatic rings. The smallest absolute Gasteiger partial charge is 0.357 e. The van der Waals surface area contributed by atoms with Gasteiger partial charge in [-0.1, -0.05) is 0 Å². The lowest BCUT2D eigenvalue weighted by Gasteiger charge is -2.09. The summed E-state index contributed by atoms with van der Waals surface area (Å²) in [6.07, 6.45) is -2.79. The molecule has 7 heteroatoms. The highest BCUT2D eigenvalue weighted by Crippen LogP contribution is 2.28. The molecule has 0 aliphatic rings. The van der Waals surface area contributed by atoms with Crippen LogP contribution in [0.3, 0.4) is 0 Å². The molecule has 0 aliphatic heterocycles. The molecule has 0 atom stereocenters. The van der Waals surface area contributed by atoms with E-state index >= 15 is 0 Å². The van der Waals surface area contributed by atoms with E-state index in [9.17, 15) is 13.6 Å². The molecule has 0 radical (unpaired) electrons. The van der Waals surface area contributed by atoms with Crippen LogP contribution in [0.25, 0.3) is 0 Å². The highest BCUT2D eigenvalue weighted by molar-refractivity contribution is 14.1. The topological polar surface area (TPSA) is 48.4 Å². The van der Waals surface area contributed by atoms with E-state index in [-0.39, 0.29) is 5.88 Å². The molecule has 1 aromatic heterocycles. The van der Waals surface area contributed by atoms with Crippen molar-refractivity contribution in [1.82, 2.24) is 4.98 Å². The minimum Gasteiger partial charge on any atom is -0.480 e. The van der Waals surface area contributed by atoms with E-state index in [0.29, 0.717) is 3.57 Å². The lowest BCUT2D eigenvalue weighted by molar-refractivity contribution is 0.0580. The molecule has 1 heterocycles. The van der Waals surface area contributed by atoms with Gasteiger partial charge in [-0.05, 0) is 28.7 Å². The van der Waals surface area contributed by atoms with Gasteiger partial charge in [0.05, 0.1) is 23.4 Å². The van der Waals surface area contributed by atoms with Crippen molar-refractivity contribution in [1.29, 1.82) is 0 Å². The molecule has 16 heavy (non-hydrogen) atoms. The van der Waals surface area contributed by atoms with E-state index in [4.69, 9.17) is 4.74 Å². The van der Waals surface area contributed by atoms with Crippen LogP contribution in [0, 0.1) is 3.57 Å². The summed E-state index contributed by atoms with van der Waals surface area (Å²) < 4.78 is 34.9. The molecule has 0 aromatic carbocycles. The minimum absolute atomic E-state index is 0.116. The van der Waals surface area contributed by atoms with Crippen molar-refractivity contribution in [2.75, 3.05) is 14.2 Å². The van der Waals surface area contributed by atoms with Gasteiger partial charge in [-0.25, -0.2) is 18.6 Å². The summed E-state index contributed by atoms with van der Waals surface area (Å²) in [6.45, 7) is 0. The first-order valence-electron chi connectivity index (χ1n) is 4.12. The number of esters is 1. The fourth-order valence-electron chi connectivity index (χ4n) is 1.06. The van der Waals surface area contributed by atoms with Gasteiger partial charge in [0.25, 0.3) is 6.43 Å². The third-order valence-electron chi connectivity index (χ3n) is 1.78. The monoisotopic (exact) mass is 343 g/mol. The Hall–Kier alpha value is -0.990. The molecule has 1 rings (SSSR count). The number of halogens is 3. The normalized spacial score (nSPS) is 10.4. The number of hydrogen-bond acceptors (Lipinski definition) is 4. The van der Waals surface area contributed by atoms with Crippen LogP contribution < -0.4 is 4.74 Å². The van der Waals surface area contributed by atoms with Gasteiger partial charge in [0.1, 0.15) is 0 Å². The second-order valence-corrected chi connectivity index (χ2v) is 3.87. The Labute approximate surface area is 104 Å². The molecule has 88 valence electrons. The number of aromatic nitrogens is 1. The van der Waals surface area contributed by atoms with Crippen LogP contribution >= 0.6 is 22.6 Å². The fourth-order valence-corrected chi connectivity index (χ4v) is 1.73. The summed E-state index contributed by atoms with van der Waals surface area (Å²) in [5.41, 5.74) is -0.883. The first-order chi connectivity index (χ1) is 7.51. The Morgan fingerprint density at radius 3 is 2.56 bits per heavy atom. The number of ether oxygens (including phenoxy) is 2. The maximum absolute atomic E-state index is 12.6. The van der Waals surface area contributed by atoms with Crippen LogP contribution in [-0.2, 0) is 4.74 Å². The molecule has 0 amide bonds. The Kier molecular flexibility index (Phi) is 4.39. The number of pyridine rings is 1. The molecule has 0 saturated heterocycles. The number of hydrogen-bond donors (Lipinski definition) is 0. The zero-order chi connectivity index (χ0) is 12.3. The van der Waals surface area contributed by atoms with E-state index in [1.165, 1.54) is 7.11 Å². The lowest BCUT2D eigenvalue weighted by Crippen LogP contribution is -2.11. The average molecular weight is 343 g/mol. The number of methoxy groups -OCH3 is 2. The SMILES string of the molecule is COC(=O)c1nc(OC)c(I)cc1C(F)F. The first-order valence-corrected chi connectivity index (χ1v) is 5.20. The number of carbonyl (C=O) groups is 1. The maximum Gasteiger partial charge on any atom is 0.357 e. The van der Waals surface area contributed by atoms with Crippen molar-refractivity contribution in [3.05, 3.63) is 20.9 Å². The summed E-state index contributed by atoms with van der Waals surface area (Å²) in [5, 5.41) is 0. The zero-order valence-corrected chi connectivity index (χ0v) is 10.6. The lowest BCUT2D eigenvalue weighted by atomic mass is 10.2. The average Bonchev–Trinajstić information content (AvgIpc) is 2.27.